The molecule has 1 amide bonds. The van der Waals surface area contributed by atoms with Crippen molar-refractivity contribution in [2.45, 2.75) is 26.3 Å². The van der Waals surface area contributed by atoms with Crippen molar-refractivity contribution in [1.29, 1.82) is 0 Å². The number of nitrogens with one attached hydrogen (secondary N) is 1. The maximum atomic E-state index is 12.1. The van der Waals surface area contributed by atoms with E-state index in [0.29, 0.717) is 25.4 Å². The third-order valence-corrected chi connectivity index (χ3v) is 3.54. The molecule has 1 aromatic carbocycles. The van der Waals surface area contributed by atoms with Gasteiger partial charge in [0, 0.05) is 12.6 Å². The zero-order chi connectivity index (χ0) is 18.1. The quantitative estimate of drug-likeness (QED) is 0.702. The Bertz CT molecular complexity index is 741. The molecule has 0 bridgehead atoms. The molecule has 0 spiro atoms. The SMILES string of the molecule is CCCCn1nc(C(=O)NCCOc2ccc(OC)cc2)ccc1=O. The van der Waals surface area contributed by atoms with Crippen LogP contribution in [0.25, 0.3) is 0 Å². The molecule has 1 N–H and O–H groups in total. The normalized spacial score (nSPS) is 10.3. The molecule has 134 valence electrons. The van der Waals surface area contributed by atoms with Crippen molar-refractivity contribution in [3.8, 4) is 11.5 Å². The van der Waals surface area contributed by atoms with E-state index in [-0.39, 0.29) is 17.2 Å². The molecule has 2 rings (SSSR count). The molecule has 7 heteroatoms. The maximum Gasteiger partial charge on any atom is 0.271 e. The van der Waals surface area contributed by atoms with E-state index in [1.54, 1.807) is 31.4 Å². The summed E-state index contributed by atoms with van der Waals surface area (Å²) >= 11 is 0. The van der Waals surface area contributed by atoms with Crippen molar-refractivity contribution in [1.82, 2.24) is 15.1 Å². The van der Waals surface area contributed by atoms with Crippen LogP contribution in [0.15, 0.2) is 41.2 Å². The van der Waals surface area contributed by atoms with Crippen LogP contribution in [0.3, 0.4) is 0 Å². The lowest BCUT2D eigenvalue weighted by Gasteiger charge is -2.09. The van der Waals surface area contributed by atoms with Crippen LogP contribution >= 0.6 is 0 Å². The van der Waals surface area contributed by atoms with Gasteiger partial charge in [0.25, 0.3) is 11.5 Å². The zero-order valence-electron chi connectivity index (χ0n) is 14.5. The van der Waals surface area contributed by atoms with Crippen LogP contribution in [0.2, 0.25) is 0 Å². The highest BCUT2D eigenvalue weighted by atomic mass is 16.5. The number of nitrogens with zero attached hydrogens (tertiary/aromatic N) is 2. The molecule has 0 saturated heterocycles. The molecule has 0 radical (unpaired) electrons. The molecule has 1 aromatic heterocycles. The Labute approximate surface area is 146 Å². The molecule has 0 atom stereocenters. The maximum absolute atomic E-state index is 12.1. The van der Waals surface area contributed by atoms with Crippen molar-refractivity contribution in [3.05, 3.63) is 52.4 Å². The number of carbonyl (C=O) groups is 1. The molecular weight excluding hydrogens is 322 g/mol. The highest BCUT2D eigenvalue weighted by Crippen LogP contribution is 2.16. The number of methoxy groups -OCH3 is 1. The second-order valence-corrected chi connectivity index (χ2v) is 5.41. The first-order valence-electron chi connectivity index (χ1n) is 8.27. The molecule has 0 saturated carbocycles. The van der Waals surface area contributed by atoms with Crippen LogP contribution in [0, 0.1) is 0 Å². The molecular formula is C18H23N3O4. The summed E-state index contributed by atoms with van der Waals surface area (Å²) < 4.78 is 11.9. The van der Waals surface area contributed by atoms with Crippen LogP contribution in [-0.4, -0.2) is 35.9 Å². The first-order valence-corrected chi connectivity index (χ1v) is 8.27. The van der Waals surface area contributed by atoms with Gasteiger partial charge in [-0.25, -0.2) is 4.68 Å². The Morgan fingerprint density at radius 2 is 1.88 bits per heavy atom. The molecule has 1 heterocycles. The third-order valence-electron chi connectivity index (χ3n) is 3.54. The Hall–Kier alpha value is -2.83. The Morgan fingerprint density at radius 1 is 1.16 bits per heavy atom. The average Bonchev–Trinajstić information content (AvgIpc) is 2.65. The van der Waals surface area contributed by atoms with E-state index >= 15 is 0 Å². The molecule has 0 fully saturated rings. The number of hydrogen-bond donors (Lipinski definition) is 1. The smallest absolute Gasteiger partial charge is 0.271 e. The summed E-state index contributed by atoms with van der Waals surface area (Å²) in [5.74, 6) is 1.12. The van der Waals surface area contributed by atoms with E-state index in [4.69, 9.17) is 9.47 Å². The number of hydrogen-bond acceptors (Lipinski definition) is 5. The largest absolute Gasteiger partial charge is 0.497 e. The molecule has 25 heavy (non-hydrogen) atoms. The minimum atomic E-state index is -0.330. The number of benzene rings is 1. The monoisotopic (exact) mass is 345 g/mol. The number of rotatable bonds is 9. The summed E-state index contributed by atoms with van der Waals surface area (Å²) in [5, 5.41) is 6.83. The van der Waals surface area contributed by atoms with Gasteiger partial charge >= 0.3 is 0 Å². The Balaban J connectivity index is 1.82. The van der Waals surface area contributed by atoms with Crippen molar-refractivity contribution in [2.24, 2.45) is 0 Å². The standard InChI is InChI=1S/C18H23N3O4/c1-3-4-12-21-17(22)10-9-16(20-21)18(23)19-11-13-25-15-7-5-14(24-2)6-8-15/h5-10H,3-4,11-13H2,1-2H3,(H,19,23). The summed E-state index contributed by atoms with van der Waals surface area (Å²) in [6.07, 6.45) is 1.79. The van der Waals surface area contributed by atoms with E-state index in [1.807, 2.05) is 6.92 Å². The van der Waals surface area contributed by atoms with Gasteiger partial charge < -0.3 is 14.8 Å². The van der Waals surface area contributed by atoms with Crippen LogP contribution in [0.4, 0.5) is 0 Å². The second-order valence-electron chi connectivity index (χ2n) is 5.41. The molecule has 7 nitrogen and oxygen atoms in total. The number of amides is 1. The van der Waals surface area contributed by atoms with Gasteiger partial charge in [0.05, 0.1) is 13.7 Å². The lowest BCUT2D eigenvalue weighted by Crippen LogP contribution is -2.32. The molecule has 0 unspecified atom stereocenters. The molecule has 0 aliphatic heterocycles. The average molecular weight is 345 g/mol. The predicted octanol–water partition coefficient (Wildman–Crippen LogP) is 1.86. The fraction of sp³-hybridized carbons (Fsp3) is 0.389. The van der Waals surface area contributed by atoms with Gasteiger partial charge in [0.2, 0.25) is 0 Å². The Kier molecular flexibility index (Phi) is 7.00. The van der Waals surface area contributed by atoms with Gasteiger partial charge in [0.1, 0.15) is 23.8 Å². The van der Waals surface area contributed by atoms with Crippen molar-refractivity contribution in [2.75, 3.05) is 20.3 Å². The topological polar surface area (TPSA) is 82.5 Å². The van der Waals surface area contributed by atoms with Gasteiger partial charge in [-0.1, -0.05) is 13.3 Å². The van der Waals surface area contributed by atoms with Gasteiger partial charge in [-0.2, -0.15) is 5.10 Å². The van der Waals surface area contributed by atoms with Gasteiger partial charge in [-0.05, 0) is 36.8 Å². The number of carbonyl (C=O) groups excluding carboxylic acids is 1. The highest BCUT2D eigenvalue weighted by molar-refractivity contribution is 5.91. The van der Waals surface area contributed by atoms with E-state index in [1.165, 1.54) is 16.8 Å². The van der Waals surface area contributed by atoms with E-state index in [9.17, 15) is 9.59 Å². The van der Waals surface area contributed by atoms with Crippen LogP contribution < -0.4 is 20.3 Å². The minimum absolute atomic E-state index is 0.201. The summed E-state index contributed by atoms with van der Waals surface area (Å²) in [5.41, 5.74) is 0.0213. The third kappa shape index (κ3) is 5.63. The lowest BCUT2D eigenvalue weighted by atomic mass is 10.3. The Morgan fingerprint density at radius 3 is 2.56 bits per heavy atom. The van der Waals surface area contributed by atoms with Crippen LogP contribution in [0.1, 0.15) is 30.3 Å². The second kappa shape index (κ2) is 9.46. The summed E-state index contributed by atoms with van der Waals surface area (Å²) in [6, 6.07) is 10.0. The zero-order valence-corrected chi connectivity index (χ0v) is 14.5. The molecule has 0 aliphatic rings. The summed E-state index contributed by atoms with van der Waals surface area (Å²) in [6.45, 7) is 3.20. The van der Waals surface area contributed by atoms with Crippen molar-refractivity contribution >= 4 is 5.91 Å². The van der Waals surface area contributed by atoms with Crippen LogP contribution in [-0.2, 0) is 6.54 Å². The van der Waals surface area contributed by atoms with Gasteiger partial charge in [-0.3, -0.25) is 9.59 Å². The summed E-state index contributed by atoms with van der Waals surface area (Å²) in [7, 11) is 1.60. The van der Waals surface area contributed by atoms with Gasteiger partial charge in [-0.15, -0.1) is 0 Å². The fourth-order valence-corrected chi connectivity index (χ4v) is 2.13. The van der Waals surface area contributed by atoms with Crippen LogP contribution in [0.5, 0.6) is 11.5 Å². The first kappa shape index (κ1) is 18.5. The van der Waals surface area contributed by atoms with E-state index < -0.39 is 0 Å². The number of aromatic nitrogens is 2. The van der Waals surface area contributed by atoms with Crippen molar-refractivity contribution in [3.63, 3.8) is 0 Å². The number of ether oxygens (including phenoxy) is 2. The van der Waals surface area contributed by atoms with E-state index in [0.717, 1.165) is 18.6 Å². The fourth-order valence-electron chi connectivity index (χ4n) is 2.13. The van der Waals surface area contributed by atoms with Gasteiger partial charge in [0.15, 0.2) is 0 Å². The minimum Gasteiger partial charge on any atom is -0.497 e. The summed E-state index contributed by atoms with van der Waals surface area (Å²) in [4.78, 5) is 23.8. The lowest BCUT2D eigenvalue weighted by molar-refractivity contribution is 0.0939. The number of unbranched alkanes of at least 4 members (excludes halogenated alkanes) is 1. The highest BCUT2D eigenvalue weighted by Gasteiger charge is 2.09. The molecule has 0 aliphatic carbocycles. The number of aryl methyl sites for hydroxylation is 1. The van der Waals surface area contributed by atoms with Crippen molar-refractivity contribution < 1.29 is 14.3 Å². The molecule has 2 aromatic rings. The predicted molar refractivity (Wildman–Crippen MR) is 94.2 cm³/mol. The first-order chi connectivity index (χ1) is 12.1. The van der Waals surface area contributed by atoms with E-state index in [2.05, 4.69) is 10.4 Å².